The van der Waals surface area contributed by atoms with Crippen LogP contribution < -0.4 is 10.1 Å². The summed E-state index contributed by atoms with van der Waals surface area (Å²) in [5, 5.41) is 11.5. The van der Waals surface area contributed by atoms with Gasteiger partial charge < -0.3 is 20.1 Å². The number of carbonyl (C=O) groups excluding carboxylic acids is 1. The van der Waals surface area contributed by atoms with Crippen molar-refractivity contribution in [3.8, 4) is 5.75 Å². The highest BCUT2D eigenvalue weighted by molar-refractivity contribution is 5.80. The normalized spacial score (nSPS) is 10.2. The van der Waals surface area contributed by atoms with Gasteiger partial charge in [0.25, 0.3) is 0 Å². The third-order valence-corrected chi connectivity index (χ3v) is 2.81. The van der Waals surface area contributed by atoms with Gasteiger partial charge in [-0.3, -0.25) is 4.79 Å². The summed E-state index contributed by atoms with van der Waals surface area (Å²) in [4.78, 5) is 24.0. The molecule has 0 aliphatic rings. The fraction of sp³-hybridized carbons (Fsp3) is 0.429. The Bertz CT molecular complexity index is 474. The molecule has 2 amide bonds. The number of carboxylic acid groups (broad SMARTS) is 1. The summed E-state index contributed by atoms with van der Waals surface area (Å²) in [6.07, 6.45) is 0. The first-order chi connectivity index (χ1) is 9.45. The first kappa shape index (κ1) is 15.8. The number of hydrogen-bond acceptors (Lipinski definition) is 3. The number of amides is 2. The number of aliphatic carboxylic acids is 1. The topological polar surface area (TPSA) is 78.9 Å². The van der Waals surface area contributed by atoms with Gasteiger partial charge in [-0.05, 0) is 19.9 Å². The predicted molar refractivity (Wildman–Crippen MR) is 74.7 cm³/mol. The summed E-state index contributed by atoms with van der Waals surface area (Å²) >= 11 is 0. The molecular weight excluding hydrogens is 260 g/mol. The Balaban J connectivity index is 2.67. The smallest absolute Gasteiger partial charge is 0.323 e. The Morgan fingerprint density at radius 1 is 1.35 bits per heavy atom. The Morgan fingerprint density at radius 3 is 2.55 bits per heavy atom. The van der Waals surface area contributed by atoms with E-state index >= 15 is 0 Å². The Morgan fingerprint density at radius 2 is 2.00 bits per heavy atom. The number of ether oxygens (including phenoxy) is 1. The molecule has 0 heterocycles. The zero-order valence-electron chi connectivity index (χ0n) is 11.9. The Labute approximate surface area is 118 Å². The summed E-state index contributed by atoms with van der Waals surface area (Å²) < 4.78 is 5.19. The maximum atomic E-state index is 12.0. The molecule has 1 rings (SSSR count). The van der Waals surface area contributed by atoms with Gasteiger partial charge >= 0.3 is 12.0 Å². The van der Waals surface area contributed by atoms with Crippen LogP contribution in [0.15, 0.2) is 24.3 Å². The fourth-order valence-corrected chi connectivity index (χ4v) is 1.76. The largest absolute Gasteiger partial charge is 0.496 e. The van der Waals surface area contributed by atoms with Crippen LogP contribution >= 0.6 is 0 Å². The molecule has 0 atom stereocenters. The van der Waals surface area contributed by atoms with Gasteiger partial charge in [0.05, 0.1) is 7.11 Å². The number of urea groups is 1. The maximum absolute atomic E-state index is 12.0. The molecule has 110 valence electrons. The van der Waals surface area contributed by atoms with Crippen molar-refractivity contribution in [3.05, 3.63) is 29.8 Å². The lowest BCUT2D eigenvalue weighted by Gasteiger charge is -2.25. The second-order valence-electron chi connectivity index (χ2n) is 4.59. The molecular formula is C14H20N2O4. The van der Waals surface area contributed by atoms with Gasteiger partial charge in [-0.1, -0.05) is 18.2 Å². The zero-order valence-corrected chi connectivity index (χ0v) is 11.9. The second-order valence-corrected chi connectivity index (χ2v) is 4.59. The van der Waals surface area contributed by atoms with Gasteiger partial charge in [0.15, 0.2) is 0 Å². The predicted octanol–water partition coefficient (Wildman–Crippen LogP) is 1.70. The first-order valence-corrected chi connectivity index (χ1v) is 6.33. The number of benzene rings is 1. The number of nitrogens with one attached hydrogen (secondary N) is 1. The molecule has 0 bridgehead atoms. The maximum Gasteiger partial charge on any atom is 0.323 e. The number of nitrogens with zero attached hydrogens (tertiary/aromatic N) is 1. The minimum Gasteiger partial charge on any atom is -0.496 e. The van der Waals surface area contributed by atoms with E-state index in [0.29, 0.717) is 5.75 Å². The molecule has 6 heteroatoms. The SMILES string of the molecule is COc1ccccc1CNC(=O)N(CC(=O)O)C(C)C. The average molecular weight is 280 g/mol. The Hall–Kier alpha value is -2.24. The van der Waals surface area contributed by atoms with Crippen LogP contribution in [0, 0.1) is 0 Å². The highest BCUT2D eigenvalue weighted by Gasteiger charge is 2.19. The minimum absolute atomic E-state index is 0.191. The van der Waals surface area contributed by atoms with Crippen LogP contribution in [0.5, 0.6) is 5.75 Å². The molecule has 20 heavy (non-hydrogen) atoms. The molecule has 0 unspecified atom stereocenters. The minimum atomic E-state index is -1.04. The van der Waals surface area contributed by atoms with E-state index in [0.717, 1.165) is 5.56 Å². The number of hydrogen-bond donors (Lipinski definition) is 2. The van der Waals surface area contributed by atoms with E-state index in [1.807, 2.05) is 18.2 Å². The summed E-state index contributed by atoms with van der Waals surface area (Å²) in [6, 6.07) is 6.74. The summed E-state index contributed by atoms with van der Waals surface area (Å²) in [5.74, 6) is -0.353. The number of para-hydroxylation sites is 1. The van der Waals surface area contributed by atoms with E-state index < -0.39 is 12.0 Å². The van der Waals surface area contributed by atoms with Crippen molar-refractivity contribution in [2.24, 2.45) is 0 Å². The summed E-state index contributed by atoms with van der Waals surface area (Å²) in [6.45, 7) is 3.50. The Kier molecular flexibility index (Phi) is 5.83. The third-order valence-electron chi connectivity index (χ3n) is 2.81. The lowest BCUT2D eigenvalue weighted by Crippen LogP contribution is -2.46. The van der Waals surface area contributed by atoms with Crippen LogP contribution in [-0.4, -0.2) is 41.7 Å². The van der Waals surface area contributed by atoms with Gasteiger partial charge in [0, 0.05) is 18.2 Å². The molecule has 0 aliphatic heterocycles. The monoisotopic (exact) mass is 280 g/mol. The molecule has 1 aromatic rings. The molecule has 2 N–H and O–H groups in total. The van der Waals surface area contributed by atoms with Gasteiger partial charge in [-0.2, -0.15) is 0 Å². The van der Waals surface area contributed by atoms with E-state index in [-0.39, 0.29) is 19.1 Å². The first-order valence-electron chi connectivity index (χ1n) is 6.33. The number of carboxylic acids is 1. The highest BCUT2D eigenvalue weighted by atomic mass is 16.5. The molecule has 0 fully saturated rings. The number of carbonyl (C=O) groups is 2. The van der Waals surface area contributed by atoms with Crippen LogP contribution in [-0.2, 0) is 11.3 Å². The third kappa shape index (κ3) is 4.46. The molecule has 0 saturated carbocycles. The van der Waals surface area contributed by atoms with Gasteiger partial charge in [0.1, 0.15) is 12.3 Å². The lowest BCUT2D eigenvalue weighted by atomic mass is 10.2. The van der Waals surface area contributed by atoms with E-state index in [4.69, 9.17) is 9.84 Å². The van der Waals surface area contributed by atoms with Crippen LogP contribution in [0.25, 0.3) is 0 Å². The van der Waals surface area contributed by atoms with Crippen LogP contribution in [0.4, 0.5) is 4.79 Å². The lowest BCUT2D eigenvalue weighted by molar-refractivity contribution is -0.138. The van der Waals surface area contributed by atoms with Crippen molar-refractivity contribution in [3.63, 3.8) is 0 Å². The highest BCUT2D eigenvalue weighted by Crippen LogP contribution is 2.16. The van der Waals surface area contributed by atoms with E-state index in [9.17, 15) is 9.59 Å². The van der Waals surface area contributed by atoms with Crippen LogP contribution in [0.2, 0.25) is 0 Å². The van der Waals surface area contributed by atoms with Gasteiger partial charge in [0.2, 0.25) is 0 Å². The standard InChI is InChI=1S/C14H20N2O4/c1-10(2)16(9-13(17)18)14(19)15-8-11-6-4-5-7-12(11)20-3/h4-7,10H,8-9H2,1-3H3,(H,15,19)(H,17,18). The zero-order chi connectivity index (χ0) is 15.1. The molecule has 0 saturated heterocycles. The number of rotatable bonds is 6. The number of methoxy groups -OCH3 is 1. The van der Waals surface area contributed by atoms with Crippen molar-refractivity contribution < 1.29 is 19.4 Å². The molecule has 0 aliphatic carbocycles. The average Bonchev–Trinajstić information content (AvgIpc) is 2.42. The van der Waals surface area contributed by atoms with Crippen molar-refractivity contribution in [1.82, 2.24) is 10.2 Å². The van der Waals surface area contributed by atoms with E-state index in [1.54, 1.807) is 27.0 Å². The van der Waals surface area contributed by atoms with Crippen molar-refractivity contribution in [1.29, 1.82) is 0 Å². The quantitative estimate of drug-likeness (QED) is 0.831. The summed E-state index contributed by atoms with van der Waals surface area (Å²) in [5.41, 5.74) is 0.836. The van der Waals surface area contributed by atoms with Crippen molar-refractivity contribution >= 4 is 12.0 Å². The van der Waals surface area contributed by atoms with Crippen molar-refractivity contribution in [2.45, 2.75) is 26.4 Å². The van der Waals surface area contributed by atoms with Crippen LogP contribution in [0.3, 0.4) is 0 Å². The fourth-order valence-electron chi connectivity index (χ4n) is 1.76. The molecule has 1 aromatic carbocycles. The molecule has 6 nitrogen and oxygen atoms in total. The van der Waals surface area contributed by atoms with E-state index in [1.165, 1.54) is 4.90 Å². The van der Waals surface area contributed by atoms with E-state index in [2.05, 4.69) is 5.32 Å². The van der Waals surface area contributed by atoms with Crippen LogP contribution in [0.1, 0.15) is 19.4 Å². The second kappa shape index (κ2) is 7.37. The van der Waals surface area contributed by atoms with Gasteiger partial charge in [-0.15, -0.1) is 0 Å². The summed E-state index contributed by atoms with van der Waals surface area (Å²) in [7, 11) is 1.56. The molecule has 0 spiro atoms. The molecule has 0 radical (unpaired) electrons. The van der Waals surface area contributed by atoms with Gasteiger partial charge in [-0.25, -0.2) is 4.79 Å². The van der Waals surface area contributed by atoms with Crippen molar-refractivity contribution in [2.75, 3.05) is 13.7 Å². The molecule has 0 aromatic heterocycles.